The van der Waals surface area contributed by atoms with E-state index in [2.05, 4.69) is 5.32 Å². The van der Waals surface area contributed by atoms with E-state index in [1.54, 1.807) is 54.1 Å². The first kappa shape index (κ1) is 15.9. The summed E-state index contributed by atoms with van der Waals surface area (Å²) in [5, 5.41) is 2.79. The van der Waals surface area contributed by atoms with E-state index in [0.717, 1.165) is 0 Å². The molecule has 0 bridgehead atoms. The Morgan fingerprint density at radius 3 is 2.50 bits per heavy atom. The van der Waals surface area contributed by atoms with Crippen LogP contribution in [0.2, 0.25) is 0 Å². The number of carbonyl (C=O) groups is 1. The van der Waals surface area contributed by atoms with E-state index in [1.807, 2.05) is 13.8 Å². The number of aromatic nitrogens is 1. The van der Waals surface area contributed by atoms with Crippen LogP contribution in [0, 0.1) is 0 Å². The molecule has 0 aliphatic carbocycles. The Labute approximate surface area is 138 Å². The monoisotopic (exact) mass is 326 g/mol. The fourth-order valence-electron chi connectivity index (χ4n) is 2.55. The third-order valence-corrected chi connectivity index (χ3v) is 3.74. The van der Waals surface area contributed by atoms with Gasteiger partial charge in [-0.2, -0.15) is 0 Å². The zero-order valence-electron chi connectivity index (χ0n) is 13.7. The average Bonchev–Trinajstić information content (AvgIpc) is 2.90. The Hall–Kier alpha value is -3.02. The summed E-state index contributed by atoms with van der Waals surface area (Å²) < 4.78 is 11.9. The van der Waals surface area contributed by atoms with Gasteiger partial charge in [0.1, 0.15) is 5.75 Å². The van der Waals surface area contributed by atoms with Crippen LogP contribution in [-0.2, 0) is 0 Å². The smallest absolute Gasteiger partial charge is 0.420 e. The Bertz CT molecular complexity index is 936. The highest BCUT2D eigenvalue weighted by Crippen LogP contribution is 2.21. The molecule has 3 rings (SSSR count). The van der Waals surface area contributed by atoms with Gasteiger partial charge in [0.25, 0.3) is 5.91 Å². The van der Waals surface area contributed by atoms with Gasteiger partial charge in [0, 0.05) is 23.4 Å². The molecule has 1 amide bonds. The highest BCUT2D eigenvalue weighted by molar-refractivity contribution is 6.04. The van der Waals surface area contributed by atoms with E-state index in [0.29, 0.717) is 28.1 Å². The molecule has 0 aliphatic heterocycles. The third kappa shape index (κ3) is 2.90. The number of benzene rings is 2. The average molecular weight is 326 g/mol. The van der Waals surface area contributed by atoms with Crippen LogP contribution in [0.25, 0.3) is 11.1 Å². The Kier molecular flexibility index (Phi) is 4.12. The van der Waals surface area contributed by atoms with Gasteiger partial charge >= 0.3 is 5.76 Å². The maximum atomic E-state index is 12.3. The number of carbonyl (C=O) groups excluding carboxylic acids is 1. The molecule has 0 spiro atoms. The van der Waals surface area contributed by atoms with E-state index < -0.39 is 5.76 Å². The number of fused-ring (bicyclic) bond motifs is 1. The van der Waals surface area contributed by atoms with Gasteiger partial charge < -0.3 is 14.5 Å². The van der Waals surface area contributed by atoms with Crippen LogP contribution in [-0.4, -0.2) is 17.6 Å². The minimum atomic E-state index is -0.404. The molecule has 3 aromatic rings. The highest BCUT2D eigenvalue weighted by atomic mass is 16.5. The lowest BCUT2D eigenvalue weighted by molar-refractivity contribution is 0.102. The van der Waals surface area contributed by atoms with E-state index in [4.69, 9.17) is 9.15 Å². The molecule has 1 aromatic heterocycles. The van der Waals surface area contributed by atoms with Gasteiger partial charge in [-0.1, -0.05) is 0 Å². The number of rotatable bonds is 4. The number of nitrogens with one attached hydrogen (secondary N) is 1. The van der Waals surface area contributed by atoms with Gasteiger partial charge in [-0.05, 0) is 50.2 Å². The number of hydrogen-bond acceptors (Lipinski definition) is 4. The molecule has 24 heavy (non-hydrogen) atoms. The predicted molar refractivity (Wildman–Crippen MR) is 91.8 cm³/mol. The summed E-state index contributed by atoms with van der Waals surface area (Å²) >= 11 is 0. The number of anilines is 1. The molecule has 2 aromatic carbocycles. The van der Waals surface area contributed by atoms with Crippen molar-refractivity contribution >= 4 is 22.7 Å². The lowest BCUT2D eigenvalue weighted by atomic mass is 10.2. The third-order valence-electron chi connectivity index (χ3n) is 3.74. The van der Waals surface area contributed by atoms with E-state index in [1.165, 1.54) is 0 Å². The van der Waals surface area contributed by atoms with Crippen molar-refractivity contribution in [2.24, 2.45) is 0 Å². The molecule has 6 heteroatoms. The van der Waals surface area contributed by atoms with Crippen molar-refractivity contribution in [3.8, 4) is 5.75 Å². The van der Waals surface area contributed by atoms with Crippen LogP contribution >= 0.6 is 0 Å². The number of hydrogen-bond donors (Lipinski definition) is 1. The Morgan fingerprint density at radius 1 is 1.17 bits per heavy atom. The first-order valence-electron chi connectivity index (χ1n) is 7.60. The number of amides is 1. The maximum absolute atomic E-state index is 12.3. The number of methoxy groups -OCH3 is 1. The van der Waals surface area contributed by atoms with Crippen LogP contribution in [0.1, 0.15) is 30.2 Å². The fourth-order valence-corrected chi connectivity index (χ4v) is 2.55. The van der Waals surface area contributed by atoms with Crippen LogP contribution in [0.4, 0.5) is 5.69 Å². The molecule has 0 fully saturated rings. The van der Waals surface area contributed by atoms with Crippen molar-refractivity contribution in [3.05, 3.63) is 58.6 Å². The van der Waals surface area contributed by atoms with Crippen molar-refractivity contribution in [2.75, 3.05) is 12.4 Å². The van der Waals surface area contributed by atoms with Crippen molar-refractivity contribution in [2.45, 2.75) is 19.9 Å². The van der Waals surface area contributed by atoms with Crippen molar-refractivity contribution < 1.29 is 13.9 Å². The van der Waals surface area contributed by atoms with Crippen molar-refractivity contribution in [1.82, 2.24) is 4.57 Å². The number of oxazole rings is 1. The van der Waals surface area contributed by atoms with Crippen molar-refractivity contribution in [1.29, 1.82) is 0 Å². The van der Waals surface area contributed by atoms with Crippen LogP contribution in [0.5, 0.6) is 5.75 Å². The standard InChI is InChI=1S/C18H18N2O4/c1-11(2)20-15-9-6-13(10-16(15)24-18(20)22)19-17(21)12-4-7-14(23-3)8-5-12/h4-11H,1-3H3,(H,19,21). The van der Waals surface area contributed by atoms with Gasteiger partial charge in [0.2, 0.25) is 0 Å². The van der Waals surface area contributed by atoms with Gasteiger partial charge in [0.15, 0.2) is 5.58 Å². The summed E-state index contributed by atoms with van der Waals surface area (Å²) in [6, 6.07) is 12.0. The van der Waals surface area contributed by atoms with Gasteiger partial charge in [-0.3, -0.25) is 9.36 Å². The second-order valence-corrected chi connectivity index (χ2v) is 5.70. The SMILES string of the molecule is COc1ccc(C(=O)Nc2ccc3c(c2)oc(=O)n3C(C)C)cc1. The largest absolute Gasteiger partial charge is 0.497 e. The van der Waals surface area contributed by atoms with Crippen molar-refractivity contribution in [3.63, 3.8) is 0 Å². The molecule has 1 N–H and O–H groups in total. The molecule has 124 valence electrons. The molecule has 6 nitrogen and oxygen atoms in total. The summed E-state index contributed by atoms with van der Waals surface area (Å²) in [7, 11) is 1.57. The van der Waals surface area contributed by atoms with Crippen LogP contribution < -0.4 is 15.8 Å². The molecule has 0 atom stereocenters. The quantitative estimate of drug-likeness (QED) is 0.797. The minimum Gasteiger partial charge on any atom is -0.497 e. The zero-order chi connectivity index (χ0) is 17.3. The number of nitrogens with zero attached hydrogens (tertiary/aromatic N) is 1. The normalized spacial score (nSPS) is 11.0. The second-order valence-electron chi connectivity index (χ2n) is 5.70. The molecule has 0 aliphatic rings. The first-order valence-corrected chi connectivity index (χ1v) is 7.60. The van der Waals surface area contributed by atoms with Gasteiger partial charge in [-0.15, -0.1) is 0 Å². The summed E-state index contributed by atoms with van der Waals surface area (Å²) in [6.45, 7) is 3.82. The molecular weight excluding hydrogens is 308 g/mol. The van der Waals surface area contributed by atoms with E-state index in [9.17, 15) is 9.59 Å². The summed E-state index contributed by atoms with van der Waals surface area (Å²) in [4.78, 5) is 24.2. The highest BCUT2D eigenvalue weighted by Gasteiger charge is 2.13. The fraction of sp³-hybridized carbons (Fsp3) is 0.222. The topological polar surface area (TPSA) is 73.5 Å². The van der Waals surface area contributed by atoms with Crippen LogP contribution in [0.15, 0.2) is 51.7 Å². The van der Waals surface area contributed by atoms with Gasteiger partial charge in [-0.25, -0.2) is 4.79 Å². The minimum absolute atomic E-state index is 0.00140. The van der Waals surface area contributed by atoms with E-state index in [-0.39, 0.29) is 11.9 Å². The summed E-state index contributed by atoms with van der Waals surface area (Å²) in [5.41, 5.74) is 2.23. The lowest BCUT2D eigenvalue weighted by Crippen LogP contribution is -2.15. The van der Waals surface area contributed by atoms with E-state index >= 15 is 0 Å². The zero-order valence-corrected chi connectivity index (χ0v) is 13.7. The molecule has 0 unspecified atom stereocenters. The van der Waals surface area contributed by atoms with Gasteiger partial charge in [0.05, 0.1) is 12.6 Å². The Balaban J connectivity index is 1.87. The molecule has 0 saturated carbocycles. The predicted octanol–water partition coefficient (Wildman–Crippen LogP) is 3.44. The molecular formula is C18H18N2O4. The second kappa shape index (κ2) is 6.23. The number of ether oxygens (including phenoxy) is 1. The summed E-state index contributed by atoms with van der Waals surface area (Å²) in [6.07, 6.45) is 0. The maximum Gasteiger partial charge on any atom is 0.420 e. The molecule has 0 saturated heterocycles. The molecule has 1 heterocycles. The lowest BCUT2D eigenvalue weighted by Gasteiger charge is -2.07. The summed E-state index contributed by atoms with van der Waals surface area (Å²) in [5.74, 6) is 0.0334. The first-order chi connectivity index (χ1) is 11.5. The van der Waals surface area contributed by atoms with Crippen LogP contribution in [0.3, 0.4) is 0 Å². The molecule has 0 radical (unpaired) electrons. The Morgan fingerprint density at radius 2 is 1.88 bits per heavy atom.